The van der Waals surface area contributed by atoms with Crippen LogP contribution in [-0.2, 0) is 0 Å². The molecule has 2 N–H and O–H groups in total. The van der Waals surface area contributed by atoms with E-state index in [0.29, 0.717) is 17.0 Å². The predicted octanol–water partition coefficient (Wildman–Crippen LogP) is 4.07. The van der Waals surface area contributed by atoms with Gasteiger partial charge in [0.15, 0.2) is 0 Å². The molecule has 19 heavy (non-hydrogen) atoms. The first-order valence-electron chi connectivity index (χ1n) is 6.98. The van der Waals surface area contributed by atoms with Crippen LogP contribution in [0.1, 0.15) is 55.5 Å². The van der Waals surface area contributed by atoms with E-state index in [-0.39, 0.29) is 0 Å². The number of nitrogens with one attached hydrogen (secondary N) is 1. The zero-order chi connectivity index (χ0) is 14.0. The van der Waals surface area contributed by atoms with Gasteiger partial charge in [-0.25, -0.2) is 4.79 Å². The molecule has 3 heteroatoms. The van der Waals surface area contributed by atoms with E-state index in [1.807, 2.05) is 13.0 Å². The molecule has 0 radical (unpaired) electrons. The van der Waals surface area contributed by atoms with Crippen molar-refractivity contribution in [2.24, 2.45) is 5.41 Å². The van der Waals surface area contributed by atoms with E-state index >= 15 is 0 Å². The maximum Gasteiger partial charge on any atom is 0.335 e. The average Bonchev–Trinajstić information content (AvgIpc) is 2.34. The first-order valence-corrected chi connectivity index (χ1v) is 6.98. The maximum absolute atomic E-state index is 10.9. The summed E-state index contributed by atoms with van der Waals surface area (Å²) in [6, 6.07) is 5.81. The molecule has 1 aliphatic carbocycles. The number of aryl methyl sites for hydroxylation is 1. The summed E-state index contributed by atoms with van der Waals surface area (Å²) in [7, 11) is 0. The van der Waals surface area contributed by atoms with Crippen molar-refractivity contribution in [1.29, 1.82) is 0 Å². The lowest BCUT2D eigenvalue weighted by molar-refractivity contribution is 0.0697. The zero-order valence-electron chi connectivity index (χ0n) is 12.0. The molecule has 104 valence electrons. The summed E-state index contributed by atoms with van der Waals surface area (Å²) in [5.41, 5.74) is 2.90. The molecule has 1 aromatic carbocycles. The molecule has 0 aliphatic heterocycles. The van der Waals surface area contributed by atoms with Gasteiger partial charge in [0, 0.05) is 11.7 Å². The smallest absolute Gasteiger partial charge is 0.335 e. The van der Waals surface area contributed by atoms with Crippen LogP contribution in [0.2, 0.25) is 0 Å². The highest BCUT2D eigenvalue weighted by Gasteiger charge is 2.26. The minimum atomic E-state index is -0.867. The van der Waals surface area contributed by atoms with E-state index in [1.165, 1.54) is 25.7 Å². The zero-order valence-corrected chi connectivity index (χ0v) is 12.0. The Morgan fingerprint density at radius 2 is 1.95 bits per heavy atom. The molecule has 3 nitrogen and oxygen atoms in total. The van der Waals surface area contributed by atoms with E-state index < -0.39 is 5.97 Å². The standard InChI is InChI=1S/C16H23NO2/c1-11-10-12(15(18)19)4-5-14(11)17-13-6-8-16(2,3)9-7-13/h4-5,10,13,17H,6-9H2,1-3H3,(H,18,19). The summed E-state index contributed by atoms with van der Waals surface area (Å²) in [5.74, 6) is -0.867. The summed E-state index contributed by atoms with van der Waals surface area (Å²) in [4.78, 5) is 10.9. The normalized spacial score (nSPS) is 19.1. The van der Waals surface area contributed by atoms with Gasteiger partial charge in [0.1, 0.15) is 0 Å². The molecule has 2 rings (SSSR count). The Morgan fingerprint density at radius 1 is 1.32 bits per heavy atom. The summed E-state index contributed by atoms with van der Waals surface area (Å²) in [6.45, 7) is 6.62. The minimum Gasteiger partial charge on any atom is -0.478 e. The van der Waals surface area contributed by atoms with Crippen molar-refractivity contribution in [3.8, 4) is 0 Å². The molecule has 0 atom stereocenters. The molecule has 1 fully saturated rings. The quantitative estimate of drug-likeness (QED) is 0.862. The van der Waals surface area contributed by atoms with Crippen LogP contribution in [0.25, 0.3) is 0 Å². The number of hydrogen-bond acceptors (Lipinski definition) is 2. The van der Waals surface area contributed by atoms with Gasteiger partial charge in [0.05, 0.1) is 5.56 Å². The third-order valence-electron chi connectivity index (χ3n) is 4.17. The number of benzene rings is 1. The van der Waals surface area contributed by atoms with Crippen LogP contribution in [0.4, 0.5) is 5.69 Å². The van der Waals surface area contributed by atoms with Gasteiger partial charge < -0.3 is 10.4 Å². The monoisotopic (exact) mass is 261 g/mol. The van der Waals surface area contributed by atoms with Crippen molar-refractivity contribution >= 4 is 11.7 Å². The van der Waals surface area contributed by atoms with E-state index in [1.54, 1.807) is 12.1 Å². The van der Waals surface area contributed by atoms with E-state index in [9.17, 15) is 4.79 Å². The van der Waals surface area contributed by atoms with Crippen molar-refractivity contribution in [3.05, 3.63) is 29.3 Å². The lowest BCUT2D eigenvalue weighted by Gasteiger charge is -2.35. The van der Waals surface area contributed by atoms with Gasteiger partial charge in [-0.05, 0) is 61.8 Å². The van der Waals surface area contributed by atoms with E-state index in [0.717, 1.165) is 11.3 Å². The number of aromatic carboxylic acids is 1. The Hall–Kier alpha value is -1.51. The highest BCUT2D eigenvalue weighted by atomic mass is 16.4. The van der Waals surface area contributed by atoms with Crippen LogP contribution in [0, 0.1) is 12.3 Å². The Morgan fingerprint density at radius 3 is 2.47 bits per heavy atom. The Kier molecular flexibility index (Phi) is 3.83. The van der Waals surface area contributed by atoms with Crippen molar-refractivity contribution < 1.29 is 9.90 Å². The van der Waals surface area contributed by atoms with Gasteiger partial charge in [-0.1, -0.05) is 13.8 Å². The Labute approximate surface area is 115 Å². The fourth-order valence-electron chi connectivity index (χ4n) is 2.72. The molecular weight excluding hydrogens is 238 g/mol. The molecule has 0 saturated heterocycles. The van der Waals surface area contributed by atoms with E-state index in [4.69, 9.17) is 5.11 Å². The summed E-state index contributed by atoms with van der Waals surface area (Å²) in [5, 5.41) is 12.5. The van der Waals surface area contributed by atoms with E-state index in [2.05, 4.69) is 19.2 Å². The Bertz CT molecular complexity index is 470. The highest BCUT2D eigenvalue weighted by molar-refractivity contribution is 5.88. The van der Waals surface area contributed by atoms with Gasteiger partial charge in [-0.15, -0.1) is 0 Å². The third kappa shape index (κ3) is 3.49. The molecule has 0 spiro atoms. The van der Waals surface area contributed by atoms with Crippen LogP contribution in [-0.4, -0.2) is 17.1 Å². The second-order valence-electron chi connectivity index (χ2n) is 6.42. The van der Waals surface area contributed by atoms with Crippen molar-refractivity contribution in [3.63, 3.8) is 0 Å². The van der Waals surface area contributed by atoms with Gasteiger partial charge in [0.25, 0.3) is 0 Å². The lowest BCUT2D eigenvalue weighted by Crippen LogP contribution is -2.30. The summed E-state index contributed by atoms with van der Waals surface area (Å²) >= 11 is 0. The average molecular weight is 261 g/mol. The number of rotatable bonds is 3. The van der Waals surface area contributed by atoms with Crippen molar-refractivity contribution in [2.75, 3.05) is 5.32 Å². The fraction of sp³-hybridized carbons (Fsp3) is 0.562. The molecule has 1 aliphatic rings. The molecular formula is C16H23NO2. The second-order valence-corrected chi connectivity index (χ2v) is 6.42. The molecule has 1 aromatic rings. The van der Waals surface area contributed by atoms with Gasteiger partial charge in [-0.3, -0.25) is 0 Å². The van der Waals surface area contributed by atoms with Crippen LogP contribution >= 0.6 is 0 Å². The molecule has 1 saturated carbocycles. The third-order valence-corrected chi connectivity index (χ3v) is 4.17. The topological polar surface area (TPSA) is 49.3 Å². The second kappa shape index (κ2) is 5.24. The summed E-state index contributed by atoms with van der Waals surface area (Å²) in [6.07, 6.45) is 4.87. The fourth-order valence-corrected chi connectivity index (χ4v) is 2.72. The molecule has 0 heterocycles. The molecule has 0 bridgehead atoms. The first-order chi connectivity index (χ1) is 8.87. The summed E-state index contributed by atoms with van der Waals surface area (Å²) < 4.78 is 0. The number of anilines is 1. The molecule has 0 unspecified atom stereocenters. The SMILES string of the molecule is Cc1cc(C(=O)O)ccc1NC1CCC(C)(C)CC1. The Balaban J connectivity index is 2.02. The van der Waals surface area contributed by atoms with Gasteiger partial charge >= 0.3 is 5.97 Å². The van der Waals surface area contributed by atoms with Crippen LogP contribution in [0.5, 0.6) is 0 Å². The minimum absolute atomic E-state index is 0.354. The predicted molar refractivity (Wildman–Crippen MR) is 77.8 cm³/mol. The first kappa shape index (κ1) is 13.9. The van der Waals surface area contributed by atoms with Crippen LogP contribution in [0.3, 0.4) is 0 Å². The largest absolute Gasteiger partial charge is 0.478 e. The number of carboxylic acids is 1. The van der Waals surface area contributed by atoms with Crippen molar-refractivity contribution in [1.82, 2.24) is 0 Å². The number of hydrogen-bond donors (Lipinski definition) is 2. The highest BCUT2D eigenvalue weighted by Crippen LogP contribution is 2.36. The maximum atomic E-state index is 10.9. The lowest BCUT2D eigenvalue weighted by atomic mass is 9.75. The number of carboxylic acid groups (broad SMARTS) is 1. The van der Waals surface area contributed by atoms with Gasteiger partial charge in [-0.2, -0.15) is 0 Å². The van der Waals surface area contributed by atoms with Crippen molar-refractivity contribution in [2.45, 2.75) is 52.5 Å². The van der Waals surface area contributed by atoms with Gasteiger partial charge in [0.2, 0.25) is 0 Å². The van der Waals surface area contributed by atoms with Crippen LogP contribution < -0.4 is 5.32 Å². The molecule has 0 amide bonds. The number of carbonyl (C=O) groups is 1. The van der Waals surface area contributed by atoms with Crippen LogP contribution in [0.15, 0.2) is 18.2 Å². The molecule has 0 aromatic heterocycles.